The van der Waals surface area contributed by atoms with Crippen molar-refractivity contribution in [1.29, 1.82) is 0 Å². The predicted octanol–water partition coefficient (Wildman–Crippen LogP) is 2.29. The number of carbonyl (C=O) groups is 1. The summed E-state index contributed by atoms with van der Waals surface area (Å²) >= 11 is 0. The van der Waals surface area contributed by atoms with Crippen LogP contribution in [0, 0.1) is 5.41 Å². The molecule has 2 aliphatic heterocycles. The Hall–Kier alpha value is -1.59. The Morgan fingerprint density at radius 3 is 3.00 bits per heavy atom. The minimum atomic E-state index is -0.117. The first kappa shape index (κ1) is 16.3. The third kappa shape index (κ3) is 4.24. The van der Waals surface area contributed by atoms with Gasteiger partial charge >= 0.3 is 6.03 Å². The monoisotopic (exact) mass is 317 g/mol. The number of rotatable bonds is 4. The minimum Gasteiger partial charge on any atom is -0.374 e. The van der Waals surface area contributed by atoms with Crippen LogP contribution in [-0.2, 0) is 11.3 Å². The maximum atomic E-state index is 12.1. The summed E-state index contributed by atoms with van der Waals surface area (Å²) in [5.74, 6) is 0. The normalized spacial score (nSPS) is 23.3. The quantitative estimate of drug-likeness (QED) is 0.896. The van der Waals surface area contributed by atoms with Gasteiger partial charge in [-0.05, 0) is 29.5 Å². The second-order valence-electron chi connectivity index (χ2n) is 7.36. The Balaban J connectivity index is 1.44. The molecule has 0 saturated carbocycles. The lowest BCUT2D eigenvalue weighted by atomic mass is 9.93. The van der Waals surface area contributed by atoms with E-state index in [9.17, 15) is 4.79 Å². The van der Waals surface area contributed by atoms with Crippen molar-refractivity contribution in [1.82, 2.24) is 15.5 Å². The molecular weight excluding hydrogens is 290 g/mol. The summed E-state index contributed by atoms with van der Waals surface area (Å²) < 4.78 is 5.57. The molecule has 3 rings (SSSR count). The SMILES string of the molecule is CC1(C)CCN(CCNC(=O)NC2COCc3ccccc32)C1. The number of nitrogens with zero attached hydrogens (tertiary/aromatic N) is 1. The summed E-state index contributed by atoms with van der Waals surface area (Å²) in [6.45, 7) is 9.58. The number of fused-ring (bicyclic) bond motifs is 1. The van der Waals surface area contributed by atoms with Crippen LogP contribution in [0.1, 0.15) is 37.4 Å². The lowest BCUT2D eigenvalue weighted by Gasteiger charge is -2.26. The molecule has 0 aliphatic carbocycles. The Morgan fingerprint density at radius 2 is 2.22 bits per heavy atom. The lowest BCUT2D eigenvalue weighted by Crippen LogP contribution is -2.43. The molecule has 1 atom stereocenters. The summed E-state index contributed by atoms with van der Waals surface area (Å²) in [5, 5.41) is 5.99. The van der Waals surface area contributed by atoms with Gasteiger partial charge in [0.1, 0.15) is 0 Å². The van der Waals surface area contributed by atoms with Gasteiger partial charge < -0.3 is 20.3 Å². The Bertz CT molecular complexity index is 559. The highest BCUT2D eigenvalue weighted by molar-refractivity contribution is 5.74. The van der Waals surface area contributed by atoms with Gasteiger partial charge in [0.2, 0.25) is 0 Å². The average molecular weight is 317 g/mol. The van der Waals surface area contributed by atoms with E-state index in [1.54, 1.807) is 0 Å². The van der Waals surface area contributed by atoms with E-state index in [4.69, 9.17) is 4.74 Å². The van der Waals surface area contributed by atoms with Gasteiger partial charge in [-0.15, -0.1) is 0 Å². The van der Waals surface area contributed by atoms with Crippen LogP contribution in [-0.4, -0.2) is 43.7 Å². The molecule has 2 aliphatic rings. The van der Waals surface area contributed by atoms with Crippen molar-refractivity contribution in [3.05, 3.63) is 35.4 Å². The molecule has 0 bridgehead atoms. The summed E-state index contributed by atoms with van der Waals surface area (Å²) in [6, 6.07) is 7.94. The summed E-state index contributed by atoms with van der Waals surface area (Å²) in [7, 11) is 0. The maximum Gasteiger partial charge on any atom is 0.315 e. The topological polar surface area (TPSA) is 53.6 Å². The molecule has 1 unspecified atom stereocenters. The van der Waals surface area contributed by atoms with Crippen molar-refractivity contribution >= 4 is 6.03 Å². The molecule has 0 aromatic heterocycles. The van der Waals surface area contributed by atoms with Gasteiger partial charge in [0.05, 0.1) is 19.3 Å². The van der Waals surface area contributed by atoms with E-state index in [1.807, 2.05) is 12.1 Å². The van der Waals surface area contributed by atoms with Crippen molar-refractivity contribution in [2.45, 2.75) is 32.9 Å². The molecule has 1 fully saturated rings. The number of likely N-dealkylation sites (tertiary alicyclic amines) is 1. The van der Waals surface area contributed by atoms with E-state index in [0.29, 0.717) is 25.2 Å². The van der Waals surface area contributed by atoms with Gasteiger partial charge in [-0.25, -0.2) is 4.79 Å². The largest absolute Gasteiger partial charge is 0.374 e. The van der Waals surface area contributed by atoms with Crippen molar-refractivity contribution in [2.75, 3.05) is 32.8 Å². The molecule has 0 spiro atoms. The molecule has 2 amide bonds. The first-order valence-electron chi connectivity index (χ1n) is 8.46. The standard InChI is InChI=1S/C18H27N3O2/c1-18(2)7-9-21(13-18)10-8-19-17(22)20-16-12-23-11-14-5-3-4-6-15(14)16/h3-6,16H,7-13H2,1-2H3,(H2,19,20,22). The zero-order chi connectivity index (χ0) is 16.3. The molecule has 1 aromatic carbocycles. The number of nitrogens with one attached hydrogen (secondary N) is 2. The minimum absolute atomic E-state index is 0.0642. The number of benzene rings is 1. The Kier molecular flexibility index (Phi) is 4.87. The van der Waals surface area contributed by atoms with Crippen LogP contribution in [0.5, 0.6) is 0 Å². The number of urea groups is 1. The first-order valence-corrected chi connectivity index (χ1v) is 8.46. The number of amides is 2. The van der Waals surface area contributed by atoms with Crippen LogP contribution in [0.15, 0.2) is 24.3 Å². The molecule has 23 heavy (non-hydrogen) atoms. The van der Waals surface area contributed by atoms with Gasteiger partial charge in [-0.3, -0.25) is 0 Å². The van der Waals surface area contributed by atoms with Crippen molar-refractivity contribution in [3.8, 4) is 0 Å². The molecule has 126 valence electrons. The molecule has 0 radical (unpaired) electrons. The van der Waals surface area contributed by atoms with Crippen molar-refractivity contribution in [2.24, 2.45) is 5.41 Å². The smallest absolute Gasteiger partial charge is 0.315 e. The summed E-state index contributed by atoms with van der Waals surface area (Å²) in [6.07, 6.45) is 1.23. The highest BCUT2D eigenvalue weighted by Gasteiger charge is 2.28. The van der Waals surface area contributed by atoms with Gasteiger partial charge in [0.25, 0.3) is 0 Å². The lowest BCUT2D eigenvalue weighted by molar-refractivity contribution is 0.0843. The predicted molar refractivity (Wildman–Crippen MR) is 90.2 cm³/mol. The summed E-state index contributed by atoms with van der Waals surface area (Å²) in [5.41, 5.74) is 2.73. The van der Waals surface area contributed by atoms with Gasteiger partial charge in [-0.1, -0.05) is 38.1 Å². The third-order valence-electron chi connectivity index (χ3n) is 4.75. The molecule has 5 nitrogen and oxygen atoms in total. The highest BCUT2D eigenvalue weighted by Crippen LogP contribution is 2.28. The second kappa shape index (κ2) is 6.89. The van der Waals surface area contributed by atoms with Crippen LogP contribution in [0.25, 0.3) is 0 Å². The van der Waals surface area contributed by atoms with E-state index < -0.39 is 0 Å². The maximum absolute atomic E-state index is 12.1. The van der Waals surface area contributed by atoms with E-state index in [-0.39, 0.29) is 12.1 Å². The third-order valence-corrected chi connectivity index (χ3v) is 4.75. The van der Waals surface area contributed by atoms with Crippen LogP contribution < -0.4 is 10.6 Å². The zero-order valence-electron chi connectivity index (χ0n) is 14.1. The average Bonchev–Trinajstić information content (AvgIpc) is 2.87. The molecule has 5 heteroatoms. The van der Waals surface area contributed by atoms with Crippen molar-refractivity contribution < 1.29 is 9.53 Å². The van der Waals surface area contributed by atoms with Gasteiger partial charge in [0, 0.05) is 19.6 Å². The molecule has 2 heterocycles. The van der Waals surface area contributed by atoms with Crippen LogP contribution >= 0.6 is 0 Å². The zero-order valence-corrected chi connectivity index (χ0v) is 14.1. The van der Waals surface area contributed by atoms with E-state index in [0.717, 1.165) is 30.8 Å². The Morgan fingerprint density at radius 1 is 1.39 bits per heavy atom. The highest BCUT2D eigenvalue weighted by atomic mass is 16.5. The van der Waals surface area contributed by atoms with Crippen LogP contribution in [0.3, 0.4) is 0 Å². The summed E-state index contributed by atoms with van der Waals surface area (Å²) in [4.78, 5) is 14.5. The van der Waals surface area contributed by atoms with E-state index in [2.05, 4.69) is 41.5 Å². The van der Waals surface area contributed by atoms with Crippen molar-refractivity contribution in [3.63, 3.8) is 0 Å². The number of hydrogen-bond acceptors (Lipinski definition) is 3. The molecular formula is C18H27N3O2. The fraction of sp³-hybridized carbons (Fsp3) is 0.611. The van der Waals surface area contributed by atoms with Crippen LogP contribution in [0.2, 0.25) is 0 Å². The fourth-order valence-corrected chi connectivity index (χ4v) is 3.45. The Labute approximate surface area is 138 Å². The molecule has 2 N–H and O–H groups in total. The fourth-order valence-electron chi connectivity index (χ4n) is 3.45. The molecule has 1 aromatic rings. The first-order chi connectivity index (χ1) is 11.0. The number of ether oxygens (including phenoxy) is 1. The van der Waals surface area contributed by atoms with Gasteiger partial charge in [0.15, 0.2) is 0 Å². The number of hydrogen-bond donors (Lipinski definition) is 2. The molecule has 1 saturated heterocycles. The van der Waals surface area contributed by atoms with Crippen LogP contribution in [0.4, 0.5) is 4.79 Å². The van der Waals surface area contributed by atoms with E-state index in [1.165, 1.54) is 6.42 Å². The number of carbonyl (C=O) groups excluding carboxylic acids is 1. The van der Waals surface area contributed by atoms with E-state index >= 15 is 0 Å². The van der Waals surface area contributed by atoms with Gasteiger partial charge in [-0.2, -0.15) is 0 Å². The second-order valence-corrected chi connectivity index (χ2v) is 7.36.